The number of rotatable bonds is 5. The number of H-pyrrole nitrogens is 1. The number of hydrogen-bond donors (Lipinski definition) is 3. The summed E-state index contributed by atoms with van der Waals surface area (Å²) in [6.07, 6.45) is 3.26. The molecule has 2 aromatic rings. The van der Waals surface area contributed by atoms with E-state index in [1.165, 1.54) is 4.90 Å². The predicted molar refractivity (Wildman–Crippen MR) is 101 cm³/mol. The molecule has 0 spiro atoms. The second-order valence-corrected chi connectivity index (χ2v) is 6.98. The highest BCUT2D eigenvalue weighted by atomic mass is 16.3. The number of imidazole rings is 1. The SMILES string of the molecule is CN(C)C(=O)CN1CC[C@@H](NC(=O)c2cccc(-c3ncc[nH]3)c2)[C@H](O)C1. The van der Waals surface area contributed by atoms with Gasteiger partial charge in [-0.3, -0.25) is 14.5 Å². The van der Waals surface area contributed by atoms with Crippen molar-refractivity contribution in [3.05, 3.63) is 42.2 Å². The Bertz CT molecular complexity index is 790. The summed E-state index contributed by atoms with van der Waals surface area (Å²) in [5.74, 6) is 0.466. The number of aromatic amines is 1. The van der Waals surface area contributed by atoms with Gasteiger partial charge in [0.2, 0.25) is 5.91 Å². The van der Waals surface area contributed by atoms with Crippen molar-refractivity contribution in [2.24, 2.45) is 0 Å². The number of carbonyl (C=O) groups excluding carboxylic acids is 2. The number of nitrogens with one attached hydrogen (secondary N) is 2. The maximum atomic E-state index is 12.6. The van der Waals surface area contributed by atoms with Crippen molar-refractivity contribution in [2.75, 3.05) is 33.7 Å². The average molecular weight is 371 g/mol. The largest absolute Gasteiger partial charge is 0.390 e. The Balaban J connectivity index is 1.59. The van der Waals surface area contributed by atoms with Gasteiger partial charge in [-0.2, -0.15) is 0 Å². The molecular weight excluding hydrogens is 346 g/mol. The molecular formula is C19H25N5O3. The number of β-amino-alcohol motifs (C(OH)–C–C–N with tert-alkyl or cyclic N) is 1. The highest BCUT2D eigenvalue weighted by Gasteiger charge is 2.30. The molecule has 144 valence electrons. The third-order valence-electron chi connectivity index (χ3n) is 4.74. The summed E-state index contributed by atoms with van der Waals surface area (Å²) >= 11 is 0. The van der Waals surface area contributed by atoms with Gasteiger partial charge in [-0.1, -0.05) is 12.1 Å². The van der Waals surface area contributed by atoms with Gasteiger partial charge in [0.1, 0.15) is 5.82 Å². The lowest BCUT2D eigenvalue weighted by Crippen LogP contribution is -2.55. The second-order valence-electron chi connectivity index (χ2n) is 6.98. The zero-order valence-electron chi connectivity index (χ0n) is 15.6. The molecule has 3 N–H and O–H groups in total. The van der Waals surface area contributed by atoms with Crippen molar-refractivity contribution >= 4 is 11.8 Å². The van der Waals surface area contributed by atoms with Crippen LogP contribution in [0, 0.1) is 0 Å². The minimum atomic E-state index is -0.717. The fraction of sp³-hybridized carbons (Fsp3) is 0.421. The lowest BCUT2D eigenvalue weighted by atomic mass is 10.0. The second kappa shape index (κ2) is 8.32. The molecule has 0 unspecified atom stereocenters. The Morgan fingerprint density at radius 3 is 2.89 bits per heavy atom. The highest BCUT2D eigenvalue weighted by Crippen LogP contribution is 2.17. The molecule has 2 amide bonds. The van der Waals surface area contributed by atoms with Gasteiger partial charge in [-0.25, -0.2) is 4.98 Å². The summed E-state index contributed by atoms with van der Waals surface area (Å²) < 4.78 is 0. The topological polar surface area (TPSA) is 102 Å². The number of piperidine rings is 1. The van der Waals surface area contributed by atoms with E-state index in [1.54, 1.807) is 44.7 Å². The van der Waals surface area contributed by atoms with Gasteiger partial charge in [0.25, 0.3) is 5.91 Å². The van der Waals surface area contributed by atoms with Crippen LogP contribution in [-0.2, 0) is 4.79 Å². The summed E-state index contributed by atoms with van der Waals surface area (Å²) in [6.45, 7) is 1.28. The zero-order chi connectivity index (χ0) is 19.4. The van der Waals surface area contributed by atoms with Gasteiger partial charge < -0.3 is 20.3 Å². The highest BCUT2D eigenvalue weighted by molar-refractivity contribution is 5.95. The van der Waals surface area contributed by atoms with E-state index in [-0.39, 0.29) is 24.4 Å². The van der Waals surface area contributed by atoms with Crippen LogP contribution in [0.2, 0.25) is 0 Å². The van der Waals surface area contributed by atoms with Crippen molar-refractivity contribution in [3.8, 4) is 11.4 Å². The smallest absolute Gasteiger partial charge is 0.251 e. The van der Waals surface area contributed by atoms with Crippen LogP contribution < -0.4 is 5.32 Å². The summed E-state index contributed by atoms with van der Waals surface area (Å²) in [5, 5.41) is 13.3. The van der Waals surface area contributed by atoms with Gasteiger partial charge in [0.15, 0.2) is 0 Å². The number of aliphatic hydroxyl groups is 1. The average Bonchev–Trinajstić information content (AvgIpc) is 3.18. The lowest BCUT2D eigenvalue weighted by Gasteiger charge is -2.36. The molecule has 2 heterocycles. The van der Waals surface area contributed by atoms with Gasteiger partial charge >= 0.3 is 0 Å². The number of benzene rings is 1. The van der Waals surface area contributed by atoms with Crippen molar-refractivity contribution < 1.29 is 14.7 Å². The molecule has 0 aliphatic carbocycles. The van der Waals surface area contributed by atoms with E-state index in [2.05, 4.69) is 15.3 Å². The van der Waals surface area contributed by atoms with Gasteiger partial charge in [-0.15, -0.1) is 0 Å². The minimum absolute atomic E-state index is 0.000531. The van der Waals surface area contributed by atoms with E-state index in [1.807, 2.05) is 11.0 Å². The Morgan fingerprint density at radius 1 is 1.41 bits per heavy atom. The number of likely N-dealkylation sites (N-methyl/N-ethyl adjacent to an activating group) is 1. The van der Waals surface area contributed by atoms with E-state index >= 15 is 0 Å². The van der Waals surface area contributed by atoms with Crippen LogP contribution in [0.1, 0.15) is 16.8 Å². The maximum Gasteiger partial charge on any atom is 0.251 e. The molecule has 1 fully saturated rings. The molecule has 1 aromatic heterocycles. The molecule has 0 bridgehead atoms. The van der Waals surface area contributed by atoms with Crippen LogP contribution in [0.15, 0.2) is 36.7 Å². The summed E-state index contributed by atoms with van der Waals surface area (Å²) in [7, 11) is 3.42. The van der Waals surface area contributed by atoms with E-state index in [0.717, 1.165) is 5.56 Å². The van der Waals surface area contributed by atoms with Crippen molar-refractivity contribution in [1.29, 1.82) is 0 Å². The van der Waals surface area contributed by atoms with Crippen molar-refractivity contribution in [3.63, 3.8) is 0 Å². The van der Waals surface area contributed by atoms with E-state index in [9.17, 15) is 14.7 Å². The van der Waals surface area contributed by atoms with Gasteiger partial charge in [-0.05, 0) is 18.6 Å². The third-order valence-corrected chi connectivity index (χ3v) is 4.74. The normalized spacial score (nSPS) is 20.3. The summed E-state index contributed by atoms with van der Waals surface area (Å²) in [5.41, 5.74) is 1.34. The molecule has 27 heavy (non-hydrogen) atoms. The molecule has 2 atom stereocenters. The fourth-order valence-electron chi connectivity index (χ4n) is 3.12. The first-order chi connectivity index (χ1) is 12.9. The van der Waals surface area contributed by atoms with Gasteiger partial charge in [0, 0.05) is 50.7 Å². The Hall–Kier alpha value is -2.71. The first-order valence-corrected chi connectivity index (χ1v) is 8.95. The molecule has 1 saturated heterocycles. The molecule has 8 heteroatoms. The van der Waals surface area contributed by atoms with Crippen LogP contribution in [0.4, 0.5) is 0 Å². The molecule has 3 rings (SSSR count). The maximum absolute atomic E-state index is 12.6. The van der Waals surface area contributed by atoms with Crippen LogP contribution in [0.25, 0.3) is 11.4 Å². The number of hydrogen-bond acceptors (Lipinski definition) is 5. The number of amides is 2. The zero-order valence-corrected chi connectivity index (χ0v) is 15.6. The number of carbonyl (C=O) groups is 2. The Kier molecular flexibility index (Phi) is 5.88. The Labute approximate surface area is 158 Å². The van der Waals surface area contributed by atoms with Crippen LogP contribution in [0.3, 0.4) is 0 Å². The number of aliphatic hydroxyl groups excluding tert-OH is 1. The molecule has 0 saturated carbocycles. The molecule has 1 aliphatic heterocycles. The monoisotopic (exact) mass is 371 g/mol. The minimum Gasteiger partial charge on any atom is -0.390 e. The van der Waals surface area contributed by atoms with Crippen molar-refractivity contribution in [1.82, 2.24) is 25.1 Å². The van der Waals surface area contributed by atoms with Crippen LogP contribution in [0.5, 0.6) is 0 Å². The number of aromatic nitrogens is 2. The number of nitrogens with zero attached hydrogens (tertiary/aromatic N) is 3. The van der Waals surface area contributed by atoms with E-state index in [0.29, 0.717) is 30.9 Å². The van der Waals surface area contributed by atoms with Gasteiger partial charge in [0.05, 0.1) is 18.7 Å². The van der Waals surface area contributed by atoms with Crippen LogP contribution in [-0.4, -0.2) is 82.6 Å². The lowest BCUT2D eigenvalue weighted by molar-refractivity contribution is -0.130. The quantitative estimate of drug-likeness (QED) is 0.703. The summed E-state index contributed by atoms with van der Waals surface area (Å²) in [4.78, 5) is 35.1. The molecule has 1 aromatic carbocycles. The molecule has 0 radical (unpaired) electrons. The first-order valence-electron chi connectivity index (χ1n) is 8.95. The third kappa shape index (κ3) is 4.72. The van der Waals surface area contributed by atoms with E-state index < -0.39 is 6.10 Å². The fourth-order valence-corrected chi connectivity index (χ4v) is 3.12. The van der Waals surface area contributed by atoms with E-state index in [4.69, 9.17) is 0 Å². The molecule has 1 aliphatic rings. The standard InChI is InChI=1S/C19H25N5O3/c1-23(2)17(26)12-24-9-6-15(16(25)11-24)22-19(27)14-5-3-4-13(10-14)18-20-7-8-21-18/h3-5,7-8,10,15-16,25H,6,9,11-12H2,1-2H3,(H,20,21)(H,22,27)/t15-,16-/m1/s1. The van der Waals surface area contributed by atoms with Crippen molar-refractivity contribution in [2.45, 2.75) is 18.6 Å². The number of likely N-dealkylation sites (tertiary alicyclic amines) is 1. The molecule has 8 nitrogen and oxygen atoms in total. The Morgan fingerprint density at radius 2 is 2.22 bits per heavy atom. The summed E-state index contributed by atoms with van der Waals surface area (Å²) in [6, 6.07) is 6.85. The van der Waals surface area contributed by atoms with Crippen LogP contribution >= 0.6 is 0 Å². The predicted octanol–water partition coefficient (Wildman–Crippen LogP) is 0.330. The first kappa shape index (κ1) is 19.1.